The van der Waals surface area contributed by atoms with E-state index >= 15 is 0 Å². The lowest BCUT2D eigenvalue weighted by atomic mass is 10.1. The first-order chi connectivity index (χ1) is 15.3. The van der Waals surface area contributed by atoms with E-state index in [2.05, 4.69) is 15.6 Å². The number of anilines is 2. The van der Waals surface area contributed by atoms with Gasteiger partial charge in [-0.15, -0.1) is 11.3 Å². The van der Waals surface area contributed by atoms with Crippen molar-refractivity contribution in [2.45, 2.75) is 6.18 Å². The minimum Gasteiger partial charge on any atom is -0.459 e. The molecule has 2 amide bonds. The number of carbonyl (C=O) groups is 2. The van der Waals surface area contributed by atoms with Gasteiger partial charge in [-0.3, -0.25) is 9.59 Å². The standard InChI is InChI=1S/C22H14F3N3O3S/c23-22(24,25)15-11-14(26-20(30)18-7-4-10-31-18)8-9-16(15)27-19(29)17-12-32-21(28-17)13-5-2-1-3-6-13/h1-12H,(H,26,30)(H,27,29). The number of hydrogen-bond acceptors (Lipinski definition) is 5. The van der Waals surface area contributed by atoms with Crippen LogP contribution in [0.1, 0.15) is 26.6 Å². The highest BCUT2D eigenvalue weighted by Gasteiger charge is 2.34. The average molecular weight is 457 g/mol. The van der Waals surface area contributed by atoms with Crippen LogP contribution in [0.25, 0.3) is 10.6 Å². The van der Waals surface area contributed by atoms with E-state index in [1.54, 1.807) is 0 Å². The molecule has 32 heavy (non-hydrogen) atoms. The Morgan fingerprint density at radius 2 is 1.72 bits per heavy atom. The molecule has 0 bridgehead atoms. The van der Waals surface area contributed by atoms with Gasteiger partial charge in [0.1, 0.15) is 10.7 Å². The molecule has 4 aromatic rings. The van der Waals surface area contributed by atoms with Crippen LogP contribution in [0.2, 0.25) is 0 Å². The predicted octanol–water partition coefficient (Wildman–Crippen LogP) is 5.93. The van der Waals surface area contributed by atoms with Crippen LogP contribution in [-0.2, 0) is 6.18 Å². The maximum absolute atomic E-state index is 13.6. The molecule has 0 unspecified atom stereocenters. The molecule has 0 aliphatic carbocycles. The molecule has 0 saturated carbocycles. The van der Waals surface area contributed by atoms with Crippen LogP contribution in [0.15, 0.2) is 76.7 Å². The molecule has 0 atom stereocenters. The van der Waals surface area contributed by atoms with Crippen molar-refractivity contribution in [1.82, 2.24) is 4.98 Å². The molecule has 10 heteroatoms. The fourth-order valence-electron chi connectivity index (χ4n) is 2.84. The lowest BCUT2D eigenvalue weighted by molar-refractivity contribution is -0.136. The molecule has 162 valence electrons. The largest absolute Gasteiger partial charge is 0.459 e. The number of benzene rings is 2. The number of aromatic nitrogens is 1. The van der Waals surface area contributed by atoms with Crippen molar-refractivity contribution in [3.63, 3.8) is 0 Å². The summed E-state index contributed by atoms with van der Waals surface area (Å²) in [5.41, 5.74) is -0.868. The van der Waals surface area contributed by atoms with Crippen molar-refractivity contribution in [1.29, 1.82) is 0 Å². The first-order valence-electron chi connectivity index (χ1n) is 9.19. The van der Waals surface area contributed by atoms with Crippen LogP contribution in [-0.4, -0.2) is 16.8 Å². The Labute approximate surface area is 183 Å². The van der Waals surface area contributed by atoms with E-state index in [1.807, 2.05) is 30.3 Å². The highest BCUT2D eigenvalue weighted by Crippen LogP contribution is 2.37. The van der Waals surface area contributed by atoms with E-state index in [-0.39, 0.29) is 17.1 Å². The van der Waals surface area contributed by atoms with Gasteiger partial charge in [0, 0.05) is 16.6 Å². The van der Waals surface area contributed by atoms with E-state index in [4.69, 9.17) is 4.42 Å². The number of rotatable bonds is 5. The summed E-state index contributed by atoms with van der Waals surface area (Å²) in [6.07, 6.45) is -3.50. The highest BCUT2D eigenvalue weighted by molar-refractivity contribution is 7.13. The normalized spacial score (nSPS) is 11.2. The molecular weight excluding hydrogens is 443 g/mol. The molecule has 4 rings (SSSR count). The van der Waals surface area contributed by atoms with Crippen LogP contribution in [0.5, 0.6) is 0 Å². The highest BCUT2D eigenvalue weighted by atomic mass is 32.1. The Bertz CT molecular complexity index is 1250. The lowest BCUT2D eigenvalue weighted by Crippen LogP contribution is -2.18. The second-order valence-corrected chi connectivity index (χ2v) is 7.41. The van der Waals surface area contributed by atoms with Crippen LogP contribution in [0, 0.1) is 0 Å². The minimum absolute atomic E-state index is 0.00261. The van der Waals surface area contributed by atoms with Crippen LogP contribution >= 0.6 is 11.3 Å². The van der Waals surface area contributed by atoms with E-state index in [9.17, 15) is 22.8 Å². The van der Waals surface area contributed by atoms with Gasteiger partial charge in [-0.2, -0.15) is 13.2 Å². The van der Waals surface area contributed by atoms with Crippen molar-refractivity contribution < 1.29 is 27.2 Å². The zero-order chi connectivity index (χ0) is 22.7. The molecular formula is C22H14F3N3O3S. The molecule has 0 aliphatic rings. The molecule has 0 spiro atoms. The van der Waals surface area contributed by atoms with Gasteiger partial charge in [0.2, 0.25) is 0 Å². The van der Waals surface area contributed by atoms with Gasteiger partial charge in [-0.1, -0.05) is 30.3 Å². The molecule has 0 fully saturated rings. The van der Waals surface area contributed by atoms with Crippen molar-refractivity contribution in [2.75, 3.05) is 10.6 Å². The fourth-order valence-corrected chi connectivity index (χ4v) is 3.65. The van der Waals surface area contributed by atoms with E-state index in [1.165, 1.54) is 41.2 Å². The summed E-state index contributed by atoms with van der Waals surface area (Å²) in [7, 11) is 0. The maximum atomic E-state index is 13.6. The molecule has 2 N–H and O–H groups in total. The third-order valence-corrected chi connectivity index (χ3v) is 5.22. The number of nitrogens with zero attached hydrogens (tertiary/aromatic N) is 1. The quantitative estimate of drug-likeness (QED) is 0.389. The summed E-state index contributed by atoms with van der Waals surface area (Å²) < 4.78 is 45.8. The Morgan fingerprint density at radius 3 is 2.41 bits per heavy atom. The number of nitrogens with one attached hydrogen (secondary N) is 2. The van der Waals surface area contributed by atoms with Crippen LogP contribution in [0.3, 0.4) is 0 Å². The topological polar surface area (TPSA) is 84.2 Å². The fraction of sp³-hybridized carbons (Fsp3) is 0.0455. The Hall–Kier alpha value is -3.92. The van der Waals surface area contributed by atoms with Crippen molar-refractivity contribution in [3.05, 3.63) is 89.3 Å². The van der Waals surface area contributed by atoms with Crippen LogP contribution < -0.4 is 10.6 Å². The molecule has 0 saturated heterocycles. The minimum atomic E-state index is -4.77. The van der Waals surface area contributed by atoms with Gasteiger partial charge in [-0.25, -0.2) is 4.98 Å². The maximum Gasteiger partial charge on any atom is 0.418 e. The number of alkyl halides is 3. The van der Waals surface area contributed by atoms with Gasteiger partial charge < -0.3 is 15.1 Å². The second-order valence-electron chi connectivity index (χ2n) is 6.55. The zero-order valence-corrected chi connectivity index (χ0v) is 17.0. The van der Waals surface area contributed by atoms with Crippen molar-refractivity contribution in [3.8, 4) is 10.6 Å². The number of furan rings is 1. The average Bonchev–Trinajstić information content (AvgIpc) is 3.47. The second kappa shape index (κ2) is 8.67. The van der Waals surface area contributed by atoms with E-state index < -0.39 is 29.2 Å². The summed E-state index contributed by atoms with van der Waals surface area (Å²) in [5, 5.41) is 6.64. The van der Waals surface area contributed by atoms with Gasteiger partial charge in [0.15, 0.2) is 5.76 Å². The number of hydrogen-bond donors (Lipinski definition) is 2. The Morgan fingerprint density at radius 1 is 0.938 bits per heavy atom. The molecule has 0 radical (unpaired) electrons. The molecule has 2 aromatic heterocycles. The van der Waals surface area contributed by atoms with Gasteiger partial charge in [0.25, 0.3) is 11.8 Å². The summed E-state index contributed by atoms with van der Waals surface area (Å²) >= 11 is 1.21. The van der Waals surface area contributed by atoms with E-state index in [0.29, 0.717) is 5.01 Å². The summed E-state index contributed by atoms with van der Waals surface area (Å²) in [6, 6.07) is 15.0. The number of amides is 2. The predicted molar refractivity (Wildman–Crippen MR) is 114 cm³/mol. The summed E-state index contributed by atoms with van der Waals surface area (Å²) in [6.45, 7) is 0. The van der Waals surface area contributed by atoms with Crippen LogP contribution in [0.4, 0.5) is 24.5 Å². The van der Waals surface area contributed by atoms with Gasteiger partial charge in [0.05, 0.1) is 17.5 Å². The SMILES string of the molecule is O=C(Nc1ccc(NC(=O)c2ccco2)cc1C(F)(F)F)c1csc(-c2ccccc2)n1. The van der Waals surface area contributed by atoms with Crippen molar-refractivity contribution in [2.24, 2.45) is 0 Å². The Balaban J connectivity index is 1.56. The van der Waals surface area contributed by atoms with E-state index in [0.717, 1.165) is 17.7 Å². The lowest BCUT2D eigenvalue weighted by Gasteiger charge is -2.15. The zero-order valence-electron chi connectivity index (χ0n) is 16.1. The molecule has 2 heterocycles. The smallest absolute Gasteiger partial charge is 0.418 e. The van der Waals surface area contributed by atoms with Crippen molar-refractivity contribution >= 4 is 34.5 Å². The Kier molecular flexibility index (Phi) is 5.78. The summed E-state index contributed by atoms with van der Waals surface area (Å²) in [5.74, 6) is -1.52. The number of thiazole rings is 1. The number of carbonyl (C=O) groups excluding carboxylic acids is 2. The molecule has 2 aromatic carbocycles. The third kappa shape index (κ3) is 4.70. The molecule has 6 nitrogen and oxygen atoms in total. The molecule has 0 aliphatic heterocycles. The summed E-state index contributed by atoms with van der Waals surface area (Å²) in [4.78, 5) is 28.8. The third-order valence-electron chi connectivity index (χ3n) is 4.33. The van der Waals surface area contributed by atoms with Gasteiger partial charge >= 0.3 is 6.18 Å². The first-order valence-corrected chi connectivity index (χ1v) is 10.1. The van der Waals surface area contributed by atoms with Gasteiger partial charge in [-0.05, 0) is 30.3 Å². The number of halogens is 3. The first kappa shape index (κ1) is 21.3. The monoisotopic (exact) mass is 457 g/mol.